The van der Waals surface area contributed by atoms with Crippen molar-refractivity contribution in [2.75, 3.05) is 13.7 Å². The van der Waals surface area contributed by atoms with Gasteiger partial charge in [0.05, 0.1) is 0 Å². The number of hydrogen-bond donors (Lipinski definition) is 0. The lowest BCUT2D eigenvalue weighted by Gasteiger charge is -2.04. The maximum absolute atomic E-state index is 5.03. The Bertz CT molecular complexity index is 132. The third kappa shape index (κ3) is 5.55. The SMILES string of the molecule is CCC1CCCC1.COCC1CCCC1. The number of methoxy groups -OCH3 is 1. The lowest BCUT2D eigenvalue weighted by atomic mass is 10.1. The van der Waals surface area contributed by atoms with Crippen molar-refractivity contribution in [1.29, 1.82) is 0 Å². The van der Waals surface area contributed by atoms with Gasteiger partial charge in [0, 0.05) is 13.7 Å². The van der Waals surface area contributed by atoms with Crippen molar-refractivity contribution in [3.8, 4) is 0 Å². The zero-order valence-corrected chi connectivity index (χ0v) is 10.6. The molecule has 0 spiro atoms. The highest BCUT2D eigenvalue weighted by Crippen LogP contribution is 2.26. The fourth-order valence-electron chi connectivity index (χ4n) is 2.83. The van der Waals surface area contributed by atoms with E-state index in [1.807, 2.05) is 0 Å². The van der Waals surface area contributed by atoms with E-state index in [0.29, 0.717) is 0 Å². The van der Waals surface area contributed by atoms with Gasteiger partial charge in [0.2, 0.25) is 0 Å². The standard InChI is InChI=1S/C7H14O.C7H14/c1-8-6-7-4-2-3-5-7;1-2-7-5-3-4-6-7/h7H,2-6H2,1H3;7H,2-6H2,1H3. The molecule has 0 radical (unpaired) electrons. The van der Waals surface area contributed by atoms with Gasteiger partial charge in [-0.15, -0.1) is 0 Å². The summed E-state index contributed by atoms with van der Waals surface area (Å²) >= 11 is 0. The van der Waals surface area contributed by atoms with Gasteiger partial charge >= 0.3 is 0 Å². The molecule has 0 heterocycles. The first-order valence-corrected chi connectivity index (χ1v) is 6.85. The Morgan fingerprint density at radius 2 is 1.33 bits per heavy atom. The Hall–Kier alpha value is -0.0400. The second kappa shape index (κ2) is 8.15. The first-order valence-electron chi connectivity index (χ1n) is 6.85. The third-order valence-corrected chi connectivity index (χ3v) is 3.93. The van der Waals surface area contributed by atoms with E-state index >= 15 is 0 Å². The minimum atomic E-state index is 0.889. The summed E-state index contributed by atoms with van der Waals surface area (Å²) in [4.78, 5) is 0. The molecule has 0 aliphatic heterocycles. The second-order valence-electron chi connectivity index (χ2n) is 5.16. The van der Waals surface area contributed by atoms with Gasteiger partial charge in [-0.3, -0.25) is 0 Å². The normalized spacial score (nSPS) is 22.8. The van der Waals surface area contributed by atoms with Crippen LogP contribution in [-0.4, -0.2) is 13.7 Å². The molecular weight excluding hydrogens is 184 g/mol. The lowest BCUT2D eigenvalue weighted by Crippen LogP contribution is -2.01. The van der Waals surface area contributed by atoms with Crippen molar-refractivity contribution in [2.24, 2.45) is 11.8 Å². The van der Waals surface area contributed by atoms with Gasteiger partial charge in [-0.25, -0.2) is 0 Å². The van der Waals surface area contributed by atoms with Gasteiger partial charge in [-0.1, -0.05) is 51.9 Å². The van der Waals surface area contributed by atoms with Gasteiger partial charge in [0.25, 0.3) is 0 Å². The highest BCUT2D eigenvalue weighted by molar-refractivity contribution is 4.65. The molecule has 0 aromatic heterocycles. The number of rotatable bonds is 3. The van der Waals surface area contributed by atoms with Gasteiger partial charge in [-0.2, -0.15) is 0 Å². The van der Waals surface area contributed by atoms with Crippen LogP contribution in [0.4, 0.5) is 0 Å². The van der Waals surface area contributed by atoms with E-state index in [1.54, 1.807) is 7.11 Å². The second-order valence-corrected chi connectivity index (χ2v) is 5.16. The maximum Gasteiger partial charge on any atom is 0.0490 e. The minimum absolute atomic E-state index is 0.889. The molecule has 2 saturated carbocycles. The van der Waals surface area contributed by atoms with E-state index in [9.17, 15) is 0 Å². The molecule has 0 N–H and O–H groups in total. The predicted molar refractivity (Wildman–Crippen MR) is 66.1 cm³/mol. The van der Waals surface area contributed by atoms with Gasteiger partial charge < -0.3 is 4.74 Å². The minimum Gasteiger partial charge on any atom is -0.384 e. The van der Waals surface area contributed by atoms with Crippen LogP contribution < -0.4 is 0 Å². The van der Waals surface area contributed by atoms with E-state index in [-0.39, 0.29) is 0 Å². The van der Waals surface area contributed by atoms with E-state index in [0.717, 1.165) is 18.4 Å². The quantitative estimate of drug-likeness (QED) is 0.673. The van der Waals surface area contributed by atoms with Crippen molar-refractivity contribution < 1.29 is 4.74 Å². The summed E-state index contributed by atoms with van der Waals surface area (Å²) in [6.45, 7) is 3.29. The van der Waals surface area contributed by atoms with E-state index in [4.69, 9.17) is 4.74 Å². The zero-order chi connectivity index (χ0) is 10.9. The summed E-state index contributed by atoms with van der Waals surface area (Å²) < 4.78 is 5.03. The molecule has 0 unspecified atom stereocenters. The number of ether oxygens (including phenoxy) is 1. The Labute approximate surface area is 95.6 Å². The van der Waals surface area contributed by atoms with Crippen LogP contribution in [0.2, 0.25) is 0 Å². The van der Waals surface area contributed by atoms with Crippen LogP contribution in [-0.2, 0) is 4.74 Å². The van der Waals surface area contributed by atoms with Crippen LogP contribution in [0.25, 0.3) is 0 Å². The molecule has 2 rings (SSSR count). The van der Waals surface area contributed by atoms with Crippen LogP contribution >= 0.6 is 0 Å². The Balaban J connectivity index is 0.000000151. The Morgan fingerprint density at radius 1 is 0.867 bits per heavy atom. The smallest absolute Gasteiger partial charge is 0.0490 e. The van der Waals surface area contributed by atoms with Gasteiger partial charge in [0.1, 0.15) is 0 Å². The van der Waals surface area contributed by atoms with Crippen molar-refractivity contribution in [3.05, 3.63) is 0 Å². The fourth-order valence-corrected chi connectivity index (χ4v) is 2.83. The highest BCUT2D eigenvalue weighted by atomic mass is 16.5. The summed E-state index contributed by atoms with van der Waals surface area (Å²) in [6.07, 6.45) is 13.1. The predicted octanol–water partition coefficient (Wildman–Crippen LogP) is 4.41. The molecule has 2 fully saturated rings. The molecule has 2 aliphatic carbocycles. The molecular formula is C14H28O. The summed E-state index contributed by atoms with van der Waals surface area (Å²) in [5.74, 6) is 1.99. The van der Waals surface area contributed by atoms with E-state index < -0.39 is 0 Å². The first-order chi connectivity index (χ1) is 7.36. The lowest BCUT2D eigenvalue weighted by molar-refractivity contribution is 0.155. The average molecular weight is 212 g/mol. The Kier molecular flexibility index (Phi) is 7.08. The summed E-state index contributed by atoms with van der Waals surface area (Å²) in [6, 6.07) is 0. The number of hydrogen-bond acceptors (Lipinski definition) is 1. The monoisotopic (exact) mass is 212 g/mol. The molecule has 1 nitrogen and oxygen atoms in total. The molecule has 0 aromatic carbocycles. The molecule has 0 bridgehead atoms. The van der Waals surface area contributed by atoms with Crippen LogP contribution in [0.5, 0.6) is 0 Å². The van der Waals surface area contributed by atoms with E-state index in [2.05, 4.69) is 6.92 Å². The summed E-state index contributed by atoms with van der Waals surface area (Å²) in [5, 5.41) is 0. The molecule has 0 atom stereocenters. The molecule has 0 saturated heterocycles. The van der Waals surface area contributed by atoms with Crippen LogP contribution in [0.1, 0.15) is 64.7 Å². The average Bonchev–Trinajstić information content (AvgIpc) is 2.91. The zero-order valence-electron chi connectivity index (χ0n) is 10.6. The van der Waals surface area contributed by atoms with Crippen LogP contribution in [0, 0.1) is 11.8 Å². The summed E-state index contributed by atoms with van der Waals surface area (Å²) in [7, 11) is 1.79. The fraction of sp³-hybridized carbons (Fsp3) is 1.00. The summed E-state index contributed by atoms with van der Waals surface area (Å²) in [5.41, 5.74) is 0. The molecule has 15 heavy (non-hydrogen) atoms. The Morgan fingerprint density at radius 3 is 1.67 bits per heavy atom. The molecule has 90 valence electrons. The maximum atomic E-state index is 5.03. The third-order valence-electron chi connectivity index (χ3n) is 3.93. The van der Waals surface area contributed by atoms with Crippen LogP contribution in [0.3, 0.4) is 0 Å². The van der Waals surface area contributed by atoms with Crippen LogP contribution in [0.15, 0.2) is 0 Å². The van der Waals surface area contributed by atoms with Gasteiger partial charge in [0.15, 0.2) is 0 Å². The first kappa shape index (κ1) is 13.0. The molecule has 2 aliphatic rings. The van der Waals surface area contributed by atoms with Crippen molar-refractivity contribution in [2.45, 2.75) is 64.7 Å². The molecule has 0 aromatic rings. The van der Waals surface area contributed by atoms with E-state index in [1.165, 1.54) is 57.8 Å². The van der Waals surface area contributed by atoms with Crippen molar-refractivity contribution in [1.82, 2.24) is 0 Å². The molecule has 0 amide bonds. The van der Waals surface area contributed by atoms with Crippen molar-refractivity contribution in [3.63, 3.8) is 0 Å². The highest BCUT2D eigenvalue weighted by Gasteiger charge is 2.13. The largest absolute Gasteiger partial charge is 0.384 e. The van der Waals surface area contributed by atoms with Crippen molar-refractivity contribution >= 4 is 0 Å². The molecule has 1 heteroatoms. The van der Waals surface area contributed by atoms with Gasteiger partial charge in [-0.05, 0) is 24.7 Å². The topological polar surface area (TPSA) is 9.23 Å².